The van der Waals surface area contributed by atoms with Crippen LogP contribution in [-0.4, -0.2) is 41.9 Å². The molecular weight excluding hydrogens is 260 g/mol. The first-order valence-electron chi connectivity index (χ1n) is 5.34. The predicted molar refractivity (Wildman–Crippen MR) is 62.5 cm³/mol. The van der Waals surface area contributed by atoms with E-state index in [1.54, 1.807) is 0 Å². The van der Waals surface area contributed by atoms with Crippen molar-refractivity contribution in [2.75, 3.05) is 13.1 Å². The molecule has 1 aromatic carbocycles. The van der Waals surface area contributed by atoms with Gasteiger partial charge in [0.05, 0.1) is 15.9 Å². The Labute approximate surface area is 104 Å². The number of hydrogen-bond donors (Lipinski definition) is 1. The van der Waals surface area contributed by atoms with Crippen molar-refractivity contribution in [3.05, 3.63) is 34.4 Å². The van der Waals surface area contributed by atoms with E-state index in [1.807, 2.05) is 0 Å². The van der Waals surface area contributed by atoms with E-state index in [1.165, 1.54) is 18.2 Å². The lowest BCUT2D eigenvalue weighted by Gasteiger charge is -2.15. The number of sulfonamides is 1. The number of rotatable bonds is 3. The molecule has 1 atom stereocenters. The van der Waals surface area contributed by atoms with Crippen LogP contribution in [0.2, 0.25) is 0 Å². The van der Waals surface area contributed by atoms with Gasteiger partial charge < -0.3 is 5.11 Å². The second kappa shape index (κ2) is 4.63. The second-order valence-electron chi connectivity index (χ2n) is 4.06. The molecule has 0 bridgehead atoms. The number of nitro groups is 1. The lowest BCUT2D eigenvalue weighted by molar-refractivity contribution is -0.385. The standard InChI is InChI=1S/C10H12N2O5S/c13-9-4-5-11(7-9)18(16,17)10-3-1-2-8(6-10)12(14)15/h1-3,6,9,13H,4-5,7H2/t9-/m0/s1. The van der Waals surface area contributed by atoms with Crippen molar-refractivity contribution < 1.29 is 18.4 Å². The van der Waals surface area contributed by atoms with Gasteiger partial charge in [0.25, 0.3) is 5.69 Å². The predicted octanol–water partition coefficient (Wildman–Crippen LogP) is 0.350. The summed E-state index contributed by atoms with van der Waals surface area (Å²) in [5, 5.41) is 19.9. The normalized spacial score (nSPS) is 21.1. The SMILES string of the molecule is O=[N+]([O-])c1cccc(S(=O)(=O)N2CC[C@H](O)C2)c1. The molecule has 0 saturated carbocycles. The summed E-state index contributed by atoms with van der Waals surface area (Å²) in [6, 6.07) is 4.91. The minimum Gasteiger partial charge on any atom is -0.392 e. The zero-order valence-electron chi connectivity index (χ0n) is 9.39. The van der Waals surface area contributed by atoms with Gasteiger partial charge in [-0.2, -0.15) is 4.31 Å². The van der Waals surface area contributed by atoms with Gasteiger partial charge in [-0.15, -0.1) is 0 Å². The van der Waals surface area contributed by atoms with Crippen LogP contribution in [0, 0.1) is 10.1 Å². The van der Waals surface area contributed by atoms with E-state index in [9.17, 15) is 23.6 Å². The number of nitrogens with zero attached hydrogens (tertiary/aromatic N) is 2. The summed E-state index contributed by atoms with van der Waals surface area (Å²) in [6.07, 6.45) is -0.285. The number of non-ortho nitro benzene ring substituents is 1. The molecule has 8 heteroatoms. The third-order valence-electron chi connectivity index (χ3n) is 2.79. The Morgan fingerprint density at radius 2 is 2.17 bits per heavy atom. The van der Waals surface area contributed by atoms with Gasteiger partial charge in [0.2, 0.25) is 10.0 Å². The molecule has 1 aliphatic heterocycles. The Hall–Kier alpha value is -1.51. The molecule has 18 heavy (non-hydrogen) atoms. The lowest BCUT2D eigenvalue weighted by Crippen LogP contribution is -2.29. The van der Waals surface area contributed by atoms with Crippen LogP contribution in [0.5, 0.6) is 0 Å². The topological polar surface area (TPSA) is 101 Å². The maximum atomic E-state index is 12.1. The number of aliphatic hydroxyl groups is 1. The minimum absolute atomic E-state index is 0.0328. The molecule has 98 valence electrons. The maximum Gasteiger partial charge on any atom is 0.270 e. The van der Waals surface area contributed by atoms with Crippen LogP contribution in [0.3, 0.4) is 0 Å². The van der Waals surface area contributed by atoms with Crippen LogP contribution in [0.15, 0.2) is 29.2 Å². The largest absolute Gasteiger partial charge is 0.392 e. The molecule has 0 aliphatic carbocycles. The molecule has 0 radical (unpaired) electrons. The van der Waals surface area contributed by atoms with E-state index >= 15 is 0 Å². The summed E-state index contributed by atoms with van der Waals surface area (Å²) in [7, 11) is -3.76. The molecule has 1 aromatic rings. The van der Waals surface area contributed by atoms with Crippen molar-refractivity contribution in [1.29, 1.82) is 0 Å². The first-order chi connectivity index (χ1) is 8.41. The summed E-state index contributed by atoms with van der Waals surface area (Å²) in [4.78, 5) is 9.85. The van der Waals surface area contributed by atoms with Gasteiger partial charge in [-0.25, -0.2) is 8.42 Å². The fraction of sp³-hybridized carbons (Fsp3) is 0.400. The van der Waals surface area contributed by atoms with Crippen LogP contribution in [0.1, 0.15) is 6.42 Å². The average molecular weight is 272 g/mol. The van der Waals surface area contributed by atoms with Gasteiger partial charge in [-0.1, -0.05) is 6.07 Å². The van der Waals surface area contributed by atoms with Crippen molar-refractivity contribution in [2.45, 2.75) is 17.4 Å². The van der Waals surface area contributed by atoms with Gasteiger partial charge in [0.15, 0.2) is 0 Å². The summed E-state index contributed by atoms with van der Waals surface area (Å²) >= 11 is 0. The highest BCUT2D eigenvalue weighted by molar-refractivity contribution is 7.89. The van der Waals surface area contributed by atoms with Crippen molar-refractivity contribution in [3.63, 3.8) is 0 Å². The summed E-state index contributed by atoms with van der Waals surface area (Å²) < 4.78 is 25.4. The number of hydrogen-bond acceptors (Lipinski definition) is 5. The van der Waals surface area contributed by atoms with E-state index in [-0.39, 0.29) is 23.7 Å². The molecule has 0 spiro atoms. The highest BCUT2D eigenvalue weighted by atomic mass is 32.2. The zero-order valence-corrected chi connectivity index (χ0v) is 10.2. The van der Waals surface area contributed by atoms with E-state index in [0.29, 0.717) is 6.42 Å². The van der Waals surface area contributed by atoms with Crippen LogP contribution >= 0.6 is 0 Å². The lowest BCUT2D eigenvalue weighted by atomic mass is 10.3. The fourth-order valence-corrected chi connectivity index (χ4v) is 3.37. The van der Waals surface area contributed by atoms with E-state index in [2.05, 4.69) is 0 Å². The number of benzene rings is 1. The van der Waals surface area contributed by atoms with E-state index in [0.717, 1.165) is 10.4 Å². The zero-order chi connectivity index (χ0) is 13.3. The Kier molecular flexibility index (Phi) is 3.33. The van der Waals surface area contributed by atoms with Crippen molar-refractivity contribution in [1.82, 2.24) is 4.31 Å². The van der Waals surface area contributed by atoms with Gasteiger partial charge in [0, 0.05) is 25.2 Å². The van der Waals surface area contributed by atoms with Gasteiger partial charge >= 0.3 is 0 Å². The third kappa shape index (κ3) is 2.35. The summed E-state index contributed by atoms with van der Waals surface area (Å²) in [6.45, 7) is 0.261. The smallest absolute Gasteiger partial charge is 0.270 e. The highest BCUT2D eigenvalue weighted by Gasteiger charge is 2.32. The Balaban J connectivity index is 2.35. The molecule has 7 nitrogen and oxygen atoms in total. The summed E-state index contributed by atoms with van der Waals surface area (Å²) in [5.74, 6) is 0. The first kappa shape index (κ1) is 12.9. The van der Waals surface area contributed by atoms with Gasteiger partial charge in [-0.05, 0) is 12.5 Å². The van der Waals surface area contributed by atoms with Crippen LogP contribution in [0.4, 0.5) is 5.69 Å². The molecule has 2 rings (SSSR count). The average Bonchev–Trinajstić information content (AvgIpc) is 2.77. The second-order valence-corrected chi connectivity index (χ2v) is 6.00. The third-order valence-corrected chi connectivity index (χ3v) is 4.65. The molecule has 0 aromatic heterocycles. The van der Waals surface area contributed by atoms with Crippen LogP contribution in [-0.2, 0) is 10.0 Å². The quantitative estimate of drug-likeness (QED) is 0.632. The molecule has 1 heterocycles. The fourth-order valence-electron chi connectivity index (χ4n) is 1.84. The number of β-amino-alcohol motifs (C(OH)–C–C–N with tert-alkyl or cyclic N) is 1. The molecule has 1 aliphatic rings. The first-order valence-corrected chi connectivity index (χ1v) is 6.78. The minimum atomic E-state index is -3.76. The Morgan fingerprint density at radius 1 is 1.44 bits per heavy atom. The van der Waals surface area contributed by atoms with Crippen LogP contribution < -0.4 is 0 Å². The van der Waals surface area contributed by atoms with Crippen LogP contribution in [0.25, 0.3) is 0 Å². The van der Waals surface area contributed by atoms with Gasteiger partial charge in [-0.3, -0.25) is 10.1 Å². The Bertz CT molecular complexity index is 571. The van der Waals surface area contributed by atoms with Crippen molar-refractivity contribution in [3.8, 4) is 0 Å². The molecule has 0 amide bonds. The highest BCUT2D eigenvalue weighted by Crippen LogP contribution is 2.23. The van der Waals surface area contributed by atoms with Gasteiger partial charge in [0.1, 0.15) is 0 Å². The molecule has 1 N–H and O–H groups in total. The van der Waals surface area contributed by atoms with Crippen molar-refractivity contribution in [2.24, 2.45) is 0 Å². The van der Waals surface area contributed by atoms with Crippen molar-refractivity contribution >= 4 is 15.7 Å². The monoisotopic (exact) mass is 272 g/mol. The number of nitro benzene ring substituents is 1. The summed E-state index contributed by atoms with van der Waals surface area (Å²) in [5.41, 5.74) is -0.268. The molecular formula is C10H12N2O5S. The molecule has 1 saturated heterocycles. The number of aliphatic hydroxyl groups excluding tert-OH is 1. The van der Waals surface area contributed by atoms with E-state index in [4.69, 9.17) is 0 Å². The van der Waals surface area contributed by atoms with E-state index < -0.39 is 21.1 Å². The maximum absolute atomic E-state index is 12.1. The molecule has 0 unspecified atom stereocenters. The Morgan fingerprint density at radius 3 is 2.72 bits per heavy atom. The molecule has 1 fully saturated rings.